The fourth-order valence-corrected chi connectivity index (χ4v) is 3.82. The van der Waals surface area contributed by atoms with Crippen molar-refractivity contribution < 1.29 is 19.1 Å². The molecule has 0 spiro atoms. The highest BCUT2D eigenvalue weighted by molar-refractivity contribution is 5.94. The average molecular weight is 460 g/mol. The van der Waals surface area contributed by atoms with Gasteiger partial charge in [-0.25, -0.2) is 0 Å². The Morgan fingerprint density at radius 2 is 1.44 bits per heavy atom. The SMILES string of the molecule is COc1ccc(OCC(=O)Nc2ccc(N3CCN(C(=O)c4ccc(C)cc4)CC3)cc2)cc1. The molecule has 4 rings (SSSR count). The van der Waals surface area contributed by atoms with E-state index in [4.69, 9.17) is 9.47 Å². The summed E-state index contributed by atoms with van der Waals surface area (Å²) in [5.41, 5.74) is 3.65. The lowest BCUT2D eigenvalue weighted by Crippen LogP contribution is -2.48. The van der Waals surface area contributed by atoms with Gasteiger partial charge in [-0.15, -0.1) is 0 Å². The molecular formula is C27H29N3O4. The summed E-state index contributed by atoms with van der Waals surface area (Å²) in [6.45, 7) is 4.81. The Balaban J connectivity index is 1.24. The van der Waals surface area contributed by atoms with Crippen LogP contribution in [0.15, 0.2) is 72.8 Å². The van der Waals surface area contributed by atoms with Crippen molar-refractivity contribution >= 4 is 23.2 Å². The second kappa shape index (κ2) is 10.7. The normalized spacial score (nSPS) is 13.4. The molecule has 1 fully saturated rings. The number of rotatable bonds is 7. The number of aryl methyl sites for hydroxylation is 1. The van der Waals surface area contributed by atoms with E-state index in [-0.39, 0.29) is 18.4 Å². The topological polar surface area (TPSA) is 71.1 Å². The van der Waals surface area contributed by atoms with Crippen LogP contribution < -0.4 is 19.7 Å². The molecule has 1 heterocycles. The van der Waals surface area contributed by atoms with Crippen molar-refractivity contribution in [3.05, 3.63) is 83.9 Å². The lowest BCUT2D eigenvalue weighted by molar-refractivity contribution is -0.118. The quantitative estimate of drug-likeness (QED) is 0.579. The predicted molar refractivity (Wildman–Crippen MR) is 133 cm³/mol. The second-order valence-corrected chi connectivity index (χ2v) is 8.20. The molecule has 1 saturated heterocycles. The van der Waals surface area contributed by atoms with Crippen LogP contribution in [-0.4, -0.2) is 56.6 Å². The van der Waals surface area contributed by atoms with Gasteiger partial charge in [-0.05, 0) is 67.6 Å². The molecule has 0 aromatic heterocycles. The standard InChI is InChI=1S/C27H29N3O4/c1-20-3-5-21(6-4-20)27(32)30-17-15-29(16-18-30)23-9-7-22(8-10-23)28-26(31)19-34-25-13-11-24(33-2)12-14-25/h3-14H,15-19H2,1-2H3,(H,28,31). The fourth-order valence-electron chi connectivity index (χ4n) is 3.82. The van der Waals surface area contributed by atoms with Gasteiger partial charge in [0.25, 0.3) is 11.8 Å². The number of nitrogens with one attached hydrogen (secondary N) is 1. The third-order valence-corrected chi connectivity index (χ3v) is 5.81. The van der Waals surface area contributed by atoms with E-state index in [0.29, 0.717) is 24.5 Å². The van der Waals surface area contributed by atoms with Crippen molar-refractivity contribution in [2.75, 3.05) is 50.1 Å². The largest absolute Gasteiger partial charge is 0.497 e. The van der Waals surface area contributed by atoms with Gasteiger partial charge < -0.3 is 24.6 Å². The molecule has 0 saturated carbocycles. The van der Waals surface area contributed by atoms with Crippen LogP contribution in [0.25, 0.3) is 0 Å². The van der Waals surface area contributed by atoms with E-state index in [0.717, 1.165) is 35.7 Å². The van der Waals surface area contributed by atoms with Crippen molar-refractivity contribution in [3.8, 4) is 11.5 Å². The molecule has 3 aromatic carbocycles. The van der Waals surface area contributed by atoms with Crippen LogP contribution in [0.2, 0.25) is 0 Å². The number of nitrogens with zero attached hydrogens (tertiary/aromatic N) is 2. The van der Waals surface area contributed by atoms with Gasteiger partial charge in [0.15, 0.2) is 6.61 Å². The van der Waals surface area contributed by atoms with Gasteiger partial charge in [0.05, 0.1) is 7.11 Å². The minimum absolute atomic E-state index is 0.0783. The number of hydrogen-bond acceptors (Lipinski definition) is 5. The zero-order chi connectivity index (χ0) is 23.9. The van der Waals surface area contributed by atoms with Crippen molar-refractivity contribution in [3.63, 3.8) is 0 Å². The number of methoxy groups -OCH3 is 1. The van der Waals surface area contributed by atoms with Gasteiger partial charge in [0.1, 0.15) is 11.5 Å². The third-order valence-electron chi connectivity index (χ3n) is 5.81. The smallest absolute Gasteiger partial charge is 0.262 e. The van der Waals surface area contributed by atoms with E-state index in [9.17, 15) is 9.59 Å². The maximum absolute atomic E-state index is 12.7. The summed E-state index contributed by atoms with van der Waals surface area (Å²) in [5, 5.41) is 2.85. The Morgan fingerprint density at radius 3 is 2.06 bits per heavy atom. The monoisotopic (exact) mass is 459 g/mol. The van der Waals surface area contributed by atoms with Crippen LogP contribution in [0.4, 0.5) is 11.4 Å². The molecule has 0 unspecified atom stereocenters. The Morgan fingerprint density at radius 1 is 0.824 bits per heavy atom. The molecule has 0 bridgehead atoms. The number of carbonyl (C=O) groups is 2. The number of carbonyl (C=O) groups excluding carboxylic acids is 2. The van der Waals surface area contributed by atoms with Crippen LogP contribution in [0, 0.1) is 6.92 Å². The van der Waals surface area contributed by atoms with Crippen LogP contribution in [0.1, 0.15) is 15.9 Å². The first-order valence-electron chi connectivity index (χ1n) is 11.3. The van der Waals surface area contributed by atoms with E-state index in [1.165, 1.54) is 0 Å². The summed E-state index contributed by atoms with van der Waals surface area (Å²) < 4.78 is 10.6. The van der Waals surface area contributed by atoms with E-state index < -0.39 is 0 Å². The summed E-state index contributed by atoms with van der Waals surface area (Å²) in [6, 6.07) is 22.5. The van der Waals surface area contributed by atoms with E-state index in [1.807, 2.05) is 60.4 Å². The van der Waals surface area contributed by atoms with Gasteiger partial charge in [-0.2, -0.15) is 0 Å². The molecule has 176 valence electrons. The predicted octanol–water partition coefficient (Wildman–Crippen LogP) is 3.98. The Kier molecular flexibility index (Phi) is 7.32. The Labute approximate surface area is 199 Å². The number of piperazine rings is 1. The minimum atomic E-state index is -0.230. The molecule has 2 amide bonds. The molecule has 0 radical (unpaired) electrons. The first-order chi connectivity index (χ1) is 16.5. The second-order valence-electron chi connectivity index (χ2n) is 8.20. The summed E-state index contributed by atoms with van der Waals surface area (Å²) in [6.07, 6.45) is 0. The maximum atomic E-state index is 12.7. The first kappa shape index (κ1) is 23.2. The number of benzene rings is 3. The lowest BCUT2D eigenvalue weighted by Gasteiger charge is -2.36. The van der Waals surface area contributed by atoms with Gasteiger partial charge in [-0.1, -0.05) is 17.7 Å². The molecule has 7 nitrogen and oxygen atoms in total. The average Bonchev–Trinajstić information content (AvgIpc) is 2.88. The molecule has 0 aliphatic carbocycles. The maximum Gasteiger partial charge on any atom is 0.262 e. The first-order valence-corrected chi connectivity index (χ1v) is 11.3. The molecule has 1 aliphatic rings. The van der Waals surface area contributed by atoms with Gasteiger partial charge in [0.2, 0.25) is 0 Å². The third kappa shape index (κ3) is 5.86. The van der Waals surface area contributed by atoms with Crippen molar-refractivity contribution in [1.82, 2.24) is 4.90 Å². The summed E-state index contributed by atoms with van der Waals surface area (Å²) >= 11 is 0. The number of hydrogen-bond donors (Lipinski definition) is 1. The van der Waals surface area contributed by atoms with Crippen LogP contribution >= 0.6 is 0 Å². The van der Waals surface area contributed by atoms with Crippen molar-refractivity contribution in [2.24, 2.45) is 0 Å². The fraction of sp³-hybridized carbons (Fsp3) is 0.259. The van der Waals surface area contributed by atoms with Crippen molar-refractivity contribution in [2.45, 2.75) is 6.92 Å². The zero-order valence-corrected chi connectivity index (χ0v) is 19.5. The molecule has 1 aliphatic heterocycles. The van der Waals surface area contributed by atoms with Gasteiger partial charge >= 0.3 is 0 Å². The van der Waals surface area contributed by atoms with E-state index >= 15 is 0 Å². The number of ether oxygens (including phenoxy) is 2. The number of amides is 2. The molecule has 3 aromatic rings. The van der Waals surface area contributed by atoms with Crippen LogP contribution in [0.3, 0.4) is 0 Å². The Bertz CT molecular complexity index is 1100. The van der Waals surface area contributed by atoms with Gasteiger partial charge in [0, 0.05) is 43.1 Å². The van der Waals surface area contributed by atoms with Crippen molar-refractivity contribution in [1.29, 1.82) is 0 Å². The summed E-state index contributed by atoms with van der Waals surface area (Å²) in [5.74, 6) is 1.18. The van der Waals surface area contributed by atoms with E-state index in [1.54, 1.807) is 31.4 Å². The Hall–Kier alpha value is -4.00. The molecule has 1 N–H and O–H groups in total. The molecule has 7 heteroatoms. The highest BCUT2D eigenvalue weighted by Gasteiger charge is 2.22. The molecule has 0 atom stereocenters. The summed E-state index contributed by atoms with van der Waals surface area (Å²) in [4.78, 5) is 29.1. The number of anilines is 2. The lowest BCUT2D eigenvalue weighted by atomic mass is 10.1. The molecule has 34 heavy (non-hydrogen) atoms. The zero-order valence-electron chi connectivity index (χ0n) is 19.5. The summed E-state index contributed by atoms with van der Waals surface area (Å²) in [7, 11) is 1.60. The molecular weight excluding hydrogens is 430 g/mol. The van der Waals surface area contributed by atoms with Gasteiger partial charge in [-0.3, -0.25) is 9.59 Å². The highest BCUT2D eigenvalue weighted by atomic mass is 16.5. The van der Waals surface area contributed by atoms with E-state index in [2.05, 4.69) is 10.2 Å². The minimum Gasteiger partial charge on any atom is -0.497 e. The van der Waals surface area contributed by atoms with Crippen LogP contribution in [0.5, 0.6) is 11.5 Å². The highest BCUT2D eigenvalue weighted by Crippen LogP contribution is 2.21. The van der Waals surface area contributed by atoms with Crippen LogP contribution in [-0.2, 0) is 4.79 Å².